The van der Waals surface area contributed by atoms with E-state index in [-0.39, 0.29) is 35.8 Å². The molecule has 164 valence electrons. The zero-order chi connectivity index (χ0) is 21.8. The molecule has 2 heterocycles. The molecule has 0 aromatic heterocycles. The van der Waals surface area contributed by atoms with Gasteiger partial charge in [-0.1, -0.05) is 24.3 Å². The minimum atomic E-state index is -3.82. The van der Waals surface area contributed by atoms with Crippen LogP contribution in [0, 0.1) is 0 Å². The summed E-state index contributed by atoms with van der Waals surface area (Å²) in [6.45, 7) is 3.58. The maximum atomic E-state index is 12.5. The summed E-state index contributed by atoms with van der Waals surface area (Å²) >= 11 is 0. The van der Waals surface area contributed by atoms with Crippen molar-refractivity contribution in [3.8, 4) is 0 Å². The Hall–Kier alpha value is -2.91. The standard InChI is InChI=1S/C22H25N3O5S/c26-21(23-16-17-7-9-18(10-8-17)24-12-14-30-15-13-24)6-3-11-25-22(27)19-4-1-2-5-20(19)31(25,28)29/h1-2,4-5,7-10H,3,6,11-16H2,(H,23,26). The molecule has 2 aromatic carbocycles. The van der Waals surface area contributed by atoms with Crippen LogP contribution in [-0.4, -0.2) is 57.4 Å². The second kappa shape index (κ2) is 9.07. The van der Waals surface area contributed by atoms with Crippen LogP contribution in [0.15, 0.2) is 53.4 Å². The van der Waals surface area contributed by atoms with Crippen LogP contribution < -0.4 is 10.2 Å². The van der Waals surface area contributed by atoms with Crippen molar-refractivity contribution in [3.05, 3.63) is 59.7 Å². The van der Waals surface area contributed by atoms with Crippen molar-refractivity contribution >= 4 is 27.5 Å². The number of benzene rings is 2. The zero-order valence-corrected chi connectivity index (χ0v) is 17.9. The SMILES string of the molecule is O=C(CCCN1C(=O)c2ccccc2S1(=O)=O)NCc1ccc(N2CCOCC2)cc1. The molecule has 8 nitrogen and oxygen atoms in total. The number of morpholine rings is 1. The summed E-state index contributed by atoms with van der Waals surface area (Å²) in [5.74, 6) is -0.713. The van der Waals surface area contributed by atoms with Gasteiger partial charge in [-0.25, -0.2) is 12.7 Å². The minimum absolute atomic E-state index is 0.0164. The van der Waals surface area contributed by atoms with Gasteiger partial charge in [-0.3, -0.25) is 9.59 Å². The van der Waals surface area contributed by atoms with Gasteiger partial charge in [-0.2, -0.15) is 0 Å². The maximum Gasteiger partial charge on any atom is 0.269 e. The number of nitrogens with one attached hydrogen (secondary N) is 1. The number of carbonyl (C=O) groups excluding carboxylic acids is 2. The van der Waals surface area contributed by atoms with E-state index in [2.05, 4.69) is 10.2 Å². The molecule has 0 saturated carbocycles. The summed E-state index contributed by atoms with van der Waals surface area (Å²) in [5.41, 5.74) is 2.31. The number of anilines is 1. The molecular formula is C22H25N3O5S. The molecule has 4 rings (SSSR count). The molecule has 1 N–H and O–H groups in total. The Bertz CT molecular complexity index is 1060. The second-order valence-corrected chi connectivity index (χ2v) is 9.36. The quantitative estimate of drug-likeness (QED) is 0.701. The van der Waals surface area contributed by atoms with Crippen LogP contribution in [0.3, 0.4) is 0 Å². The average molecular weight is 444 g/mol. The van der Waals surface area contributed by atoms with E-state index in [0.29, 0.717) is 6.54 Å². The van der Waals surface area contributed by atoms with Gasteiger partial charge in [0, 0.05) is 38.3 Å². The van der Waals surface area contributed by atoms with Crippen molar-refractivity contribution in [1.82, 2.24) is 9.62 Å². The van der Waals surface area contributed by atoms with Crippen LogP contribution >= 0.6 is 0 Å². The third-order valence-corrected chi connectivity index (χ3v) is 7.32. The van der Waals surface area contributed by atoms with E-state index in [4.69, 9.17) is 4.74 Å². The highest BCUT2D eigenvalue weighted by molar-refractivity contribution is 7.90. The molecule has 2 aliphatic rings. The number of rotatable bonds is 7. The van der Waals surface area contributed by atoms with Gasteiger partial charge in [0.05, 0.1) is 18.8 Å². The fourth-order valence-electron chi connectivity index (χ4n) is 3.77. The first-order valence-corrected chi connectivity index (χ1v) is 11.8. The fourth-order valence-corrected chi connectivity index (χ4v) is 5.38. The van der Waals surface area contributed by atoms with E-state index in [1.807, 2.05) is 24.3 Å². The van der Waals surface area contributed by atoms with Gasteiger partial charge in [0.15, 0.2) is 0 Å². The van der Waals surface area contributed by atoms with Gasteiger partial charge in [-0.15, -0.1) is 0 Å². The molecule has 1 saturated heterocycles. The van der Waals surface area contributed by atoms with Gasteiger partial charge in [0.2, 0.25) is 5.91 Å². The number of nitrogens with zero attached hydrogens (tertiary/aromatic N) is 2. The van der Waals surface area contributed by atoms with Crippen LogP contribution in [0.4, 0.5) is 5.69 Å². The molecule has 2 aliphatic heterocycles. The lowest BCUT2D eigenvalue weighted by Crippen LogP contribution is -2.36. The zero-order valence-electron chi connectivity index (χ0n) is 17.1. The van der Waals surface area contributed by atoms with Crippen molar-refractivity contribution in [2.24, 2.45) is 0 Å². The summed E-state index contributed by atoms with van der Waals surface area (Å²) in [7, 11) is -3.82. The fraction of sp³-hybridized carbons (Fsp3) is 0.364. The molecule has 0 spiro atoms. The molecular weight excluding hydrogens is 418 g/mol. The number of fused-ring (bicyclic) bond motifs is 1. The number of hydrogen-bond acceptors (Lipinski definition) is 6. The molecule has 2 amide bonds. The van der Waals surface area contributed by atoms with E-state index in [9.17, 15) is 18.0 Å². The van der Waals surface area contributed by atoms with Crippen molar-refractivity contribution in [2.75, 3.05) is 37.7 Å². The summed E-state index contributed by atoms with van der Waals surface area (Å²) in [6.07, 6.45) is 0.405. The molecule has 0 bridgehead atoms. The van der Waals surface area contributed by atoms with Crippen LogP contribution in [0.25, 0.3) is 0 Å². The van der Waals surface area contributed by atoms with Gasteiger partial charge in [0.1, 0.15) is 4.90 Å². The molecule has 0 aliphatic carbocycles. The van der Waals surface area contributed by atoms with Gasteiger partial charge < -0.3 is 15.0 Å². The van der Waals surface area contributed by atoms with Crippen LogP contribution in [0.1, 0.15) is 28.8 Å². The smallest absolute Gasteiger partial charge is 0.269 e. The third-order valence-electron chi connectivity index (χ3n) is 5.48. The molecule has 1 fully saturated rings. The molecule has 9 heteroatoms. The van der Waals surface area contributed by atoms with Crippen LogP contribution in [0.2, 0.25) is 0 Å². The van der Waals surface area contributed by atoms with Gasteiger partial charge in [-0.05, 0) is 36.2 Å². The average Bonchev–Trinajstić information content (AvgIpc) is 2.99. The highest BCUT2D eigenvalue weighted by atomic mass is 32.2. The Balaban J connectivity index is 1.23. The highest BCUT2D eigenvalue weighted by Crippen LogP contribution is 2.30. The van der Waals surface area contributed by atoms with E-state index in [1.165, 1.54) is 12.1 Å². The van der Waals surface area contributed by atoms with E-state index in [0.717, 1.165) is 41.9 Å². The number of ether oxygens (including phenoxy) is 1. The van der Waals surface area contributed by atoms with Gasteiger partial charge >= 0.3 is 0 Å². The molecule has 31 heavy (non-hydrogen) atoms. The topological polar surface area (TPSA) is 96.0 Å². The first-order valence-electron chi connectivity index (χ1n) is 10.3. The maximum absolute atomic E-state index is 12.5. The van der Waals surface area contributed by atoms with E-state index < -0.39 is 15.9 Å². The summed E-state index contributed by atoms with van der Waals surface area (Å²) in [4.78, 5) is 26.9. The first kappa shape index (κ1) is 21.3. The molecule has 2 aromatic rings. The Morgan fingerprint density at radius 2 is 1.74 bits per heavy atom. The normalized spacial score (nSPS) is 17.5. The number of carbonyl (C=O) groups is 2. The Labute approximate surface area is 181 Å². The lowest BCUT2D eigenvalue weighted by Gasteiger charge is -2.28. The predicted molar refractivity (Wildman–Crippen MR) is 115 cm³/mol. The molecule has 0 atom stereocenters. The Kier molecular flexibility index (Phi) is 6.24. The van der Waals surface area contributed by atoms with E-state index in [1.54, 1.807) is 12.1 Å². The molecule has 0 unspecified atom stereocenters. The van der Waals surface area contributed by atoms with Crippen molar-refractivity contribution in [3.63, 3.8) is 0 Å². The third kappa shape index (κ3) is 4.57. The summed E-state index contributed by atoms with van der Waals surface area (Å²) < 4.78 is 31.3. The lowest BCUT2D eigenvalue weighted by molar-refractivity contribution is -0.121. The van der Waals surface area contributed by atoms with E-state index >= 15 is 0 Å². The van der Waals surface area contributed by atoms with Crippen molar-refractivity contribution < 1.29 is 22.7 Å². The minimum Gasteiger partial charge on any atom is -0.378 e. The summed E-state index contributed by atoms with van der Waals surface area (Å²) in [5, 5.41) is 2.85. The number of hydrogen-bond donors (Lipinski definition) is 1. The number of amides is 2. The van der Waals surface area contributed by atoms with Crippen molar-refractivity contribution in [2.45, 2.75) is 24.3 Å². The van der Waals surface area contributed by atoms with Gasteiger partial charge in [0.25, 0.3) is 15.9 Å². The van der Waals surface area contributed by atoms with Crippen LogP contribution in [0.5, 0.6) is 0 Å². The second-order valence-electron chi connectivity index (χ2n) is 7.52. The van der Waals surface area contributed by atoms with Crippen LogP contribution in [-0.2, 0) is 26.1 Å². The highest BCUT2D eigenvalue weighted by Gasteiger charge is 2.40. The Morgan fingerprint density at radius 1 is 1.03 bits per heavy atom. The lowest BCUT2D eigenvalue weighted by atomic mass is 10.2. The predicted octanol–water partition coefficient (Wildman–Crippen LogP) is 1.76. The van der Waals surface area contributed by atoms with Crippen molar-refractivity contribution in [1.29, 1.82) is 0 Å². The summed E-state index contributed by atoms with van der Waals surface area (Å²) in [6, 6.07) is 14.2. The molecule has 0 radical (unpaired) electrons. The number of sulfonamides is 1. The first-order chi connectivity index (χ1) is 15.0. The largest absolute Gasteiger partial charge is 0.378 e. The monoisotopic (exact) mass is 443 g/mol. The Morgan fingerprint density at radius 3 is 2.45 bits per heavy atom.